The molecule has 2 aromatic heterocycles. The third-order valence-electron chi connectivity index (χ3n) is 5.83. The monoisotopic (exact) mass is 417 g/mol. The van der Waals surface area contributed by atoms with Crippen molar-refractivity contribution < 1.29 is 4.74 Å². The van der Waals surface area contributed by atoms with Crippen molar-refractivity contribution in [2.45, 2.75) is 45.3 Å². The average Bonchev–Trinajstić information content (AvgIpc) is 3.22. The summed E-state index contributed by atoms with van der Waals surface area (Å²) in [5, 5.41) is 1.10. The van der Waals surface area contributed by atoms with Gasteiger partial charge in [0.25, 0.3) is 0 Å². The van der Waals surface area contributed by atoms with Crippen molar-refractivity contribution in [1.82, 2.24) is 14.5 Å². The number of ether oxygens (including phenoxy) is 1. The van der Waals surface area contributed by atoms with E-state index in [0.717, 1.165) is 54.4 Å². The summed E-state index contributed by atoms with van der Waals surface area (Å²) in [5.41, 5.74) is 17.1. The molecule has 2 heterocycles. The van der Waals surface area contributed by atoms with E-state index in [2.05, 4.69) is 51.8 Å². The molecular formula is C25H31N5O. The third kappa shape index (κ3) is 4.86. The first-order valence-corrected chi connectivity index (χ1v) is 11.0. The lowest BCUT2D eigenvalue weighted by molar-refractivity contribution is 0.115. The maximum absolute atomic E-state index is 6.19. The molecule has 0 aliphatic carbocycles. The molecule has 31 heavy (non-hydrogen) atoms. The lowest BCUT2D eigenvalue weighted by Crippen LogP contribution is -2.04. The number of benzene rings is 2. The van der Waals surface area contributed by atoms with Crippen molar-refractivity contribution in [1.29, 1.82) is 0 Å². The highest BCUT2D eigenvalue weighted by Crippen LogP contribution is 2.31. The molecule has 4 N–H and O–H groups in total. The quantitative estimate of drug-likeness (QED) is 0.368. The molecule has 6 nitrogen and oxygen atoms in total. The number of pyridine rings is 1. The van der Waals surface area contributed by atoms with Crippen molar-refractivity contribution >= 4 is 27.8 Å². The zero-order valence-electron chi connectivity index (χ0n) is 18.1. The summed E-state index contributed by atoms with van der Waals surface area (Å²) in [7, 11) is 0. The highest BCUT2D eigenvalue weighted by Gasteiger charge is 2.14. The van der Waals surface area contributed by atoms with Crippen LogP contribution >= 0.6 is 0 Å². The number of unbranched alkanes of at least 4 members (excludes halogenated alkanes) is 1. The zero-order chi connectivity index (χ0) is 21.6. The van der Waals surface area contributed by atoms with Crippen molar-refractivity contribution in [3.05, 3.63) is 66.0 Å². The van der Waals surface area contributed by atoms with E-state index in [1.165, 1.54) is 11.1 Å². The first-order valence-electron chi connectivity index (χ1n) is 11.0. The Labute approximate surface area is 183 Å². The maximum Gasteiger partial charge on any atom is 0.152 e. The van der Waals surface area contributed by atoms with Crippen LogP contribution in [-0.4, -0.2) is 27.7 Å². The Bertz CT molecular complexity index is 1140. The fourth-order valence-corrected chi connectivity index (χ4v) is 3.97. The summed E-state index contributed by atoms with van der Waals surface area (Å²) >= 11 is 0. The van der Waals surface area contributed by atoms with Crippen LogP contribution in [0.15, 0.2) is 54.9 Å². The number of imidazole rings is 1. The fraction of sp³-hybridized carbons (Fsp3) is 0.360. The molecule has 0 aliphatic heterocycles. The van der Waals surface area contributed by atoms with Gasteiger partial charge in [-0.2, -0.15) is 0 Å². The SMILES string of the molecule is CC(CCOCc1ccccc1)c1ccc2nc(N)c3ncn(CCCCN)c3c2c1. The topological polar surface area (TPSA) is 92.0 Å². The lowest BCUT2D eigenvalue weighted by Gasteiger charge is -2.14. The van der Waals surface area contributed by atoms with Crippen LogP contribution < -0.4 is 11.5 Å². The molecule has 1 atom stereocenters. The van der Waals surface area contributed by atoms with Crippen LogP contribution in [0.2, 0.25) is 0 Å². The number of aromatic nitrogens is 3. The summed E-state index contributed by atoms with van der Waals surface area (Å²) in [6, 6.07) is 16.7. The van der Waals surface area contributed by atoms with E-state index in [1.807, 2.05) is 24.5 Å². The summed E-state index contributed by atoms with van der Waals surface area (Å²) in [6.45, 7) is 5.19. The number of hydrogen-bond acceptors (Lipinski definition) is 5. The van der Waals surface area contributed by atoms with E-state index in [9.17, 15) is 0 Å². The predicted molar refractivity (Wildman–Crippen MR) is 127 cm³/mol. The molecule has 2 aromatic carbocycles. The third-order valence-corrected chi connectivity index (χ3v) is 5.83. The van der Waals surface area contributed by atoms with Gasteiger partial charge in [0.2, 0.25) is 0 Å². The van der Waals surface area contributed by atoms with Gasteiger partial charge in [-0.05, 0) is 55.0 Å². The van der Waals surface area contributed by atoms with Crippen molar-refractivity contribution in [3.63, 3.8) is 0 Å². The number of nitrogens with two attached hydrogens (primary N) is 2. The van der Waals surface area contributed by atoms with Gasteiger partial charge in [0, 0.05) is 18.5 Å². The highest BCUT2D eigenvalue weighted by molar-refractivity contribution is 6.06. The minimum absolute atomic E-state index is 0.376. The Balaban J connectivity index is 1.52. The van der Waals surface area contributed by atoms with E-state index >= 15 is 0 Å². The Hall–Kier alpha value is -2.96. The van der Waals surface area contributed by atoms with Crippen LogP contribution in [0.25, 0.3) is 21.9 Å². The molecule has 4 aromatic rings. The number of anilines is 1. The first kappa shape index (κ1) is 21.3. The Morgan fingerprint density at radius 3 is 2.74 bits per heavy atom. The van der Waals surface area contributed by atoms with Gasteiger partial charge in [0.1, 0.15) is 5.52 Å². The minimum atomic E-state index is 0.376. The zero-order valence-corrected chi connectivity index (χ0v) is 18.1. The maximum atomic E-state index is 6.19. The summed E-state index contributed by atoms with van der Waals surface area (Å²) in [4.78, 5) is 9.12. The van der Waals surface area contributed by atoms with Crippen molar-refractivity contribution in [3.8, 4) is 0 Å². The second kappa shape index (κ2) is 9.90. The first-order chi connectivity index (χ1) is 15.2. The largest absolute Gasteiger partial charge is 0.382 e. The summed E-state index contributed by atoms with van der Waals surface area (Å²) in [5.74, 6) is 0.858. The van der Waals surface area contributed by atoms with Gasteiger partial charge in [-0.15, -0.1) is 0 Å². The number of fused-ring (bicyclic) bond motifs is 3. The molecule has 0 amide bonds. The number of nitrogens with zero attached hydrogens (tertiary/aromatic N) is 3. The molecule has 0 aliphatic rings. The second-order valence-electron chi connectivity index (χ2n) is 8.13. The van der Waals surface area contributed by atoms with Gasteiger partial charge in [-0.3, -0.25) is 0 Å². The molecule has 0 bridgehead atoms. The van der Waals surface area contributed by atoms with Gasteiger partial charge in [-0.1, -0.05) is 43.3 Å². The molecule has 0 radical (unpaired) electrons. The summed E-state index contributed by atoms with van der Waals surface area (Å²) in [6.07, 6.45) is 4.83. The van der Waals surface area contributed by atoms with E-state index in [1.54, 1.807) is 0 Å². The lowest BCUT2D eigenvalue weighted by atomic mass is 9.96. The molecule has 4 rings (SSSR count). The van der Waals surface area contributed by atoms with Crippen LogP contribution in [0.1, 0.15) is 43.2 Å². The number of aryl methyl sites for hydroxylation is 1. The Kier molecular flexibility index (Phi) is 6.79. The van der Waals surface area contributed by atoms with E-state index in [4.69, 9.17) is 16.2 Å². The standard InChI is InChI=1S/C25H31N5O/c1-18(11-14-31-16-19-7-3-2-4-8-19)20-9-10-22-21(15-20)24-23(25(27)29-22)28-17-30(24)13-6-5-12-26/h2-4,7-10,15,17-18H,5-6,11-14,16,26H2,1H3,(H2,27,29). The van der Waals surface area contributed by atoms with Gasteiger partial charge >= 0.3 is 0 Å². The second-order valence-corrected chi connectivity index (χ2v) is 8.13. The van der Waals surface area contributed by atoms with Crippen LogP contribution in [0.4, 0.5) is 5.82 Å². The fourth-order valence-electron chi connectivity index (χ4n) is 3.97. The van der Waals surface area contributed by atoms with Gasteiger partial charge in [-0.25, -0.2) is 9.97 Å². The molecule has 6 heteroatoms. The summed E-state index contributed by atoms with van der Waals surface area (Å²) < 4.78 is 8.08. The predicted octanol–water partition coefficient (Wildman–Crippen LogP) is 4.62. The van der Waals surface area contributed by atoms with Gasteiger partial charge in [0.15, 0.2) is 5.82 Å². The number of hydrogen-bond donors (Lipinski definition) is 2. The number of rotatable bonds is 10. The normalized spacial score (nSPS) is 12.6. The van der Waals surface area contributed by atoms with Crippen LogP contribution in [-0.2, 0) is 17.9 Å². The van der Waals surface area contributed by atoms with E-state index in [0.29, 0.717) is 24.9 Å². The van der Waals surface area contributed by atoms with Crippen LogP contribution in [0.5, 0.6) is 0 Å². The smallest absolute Gasteiger partial charge is 0.152 e. The molecule has 0 saturated heterocycles. The van der Waals surface area contributed by atoms with Crippen LogP contribution in [0.3, 0.4) is 0 Å². The highest BCUT2D eigenvalue weighted by atomic mass is 16.5. The average molecular weight is 418 g/mol. The van der Waals surface area contributed by atoms with Crippen molar-refractivity contribution in [2.75, 3.05) is 18.9 Å². The molecule has 0 fully saturated rings. The molecule has 0 spiro atoms. The molecule has 0 saturated carbocycles. The Morgan fingerprint density at radius 2 is 1.94 bits per heavy atom. The Morgan fingerprint density at radius 1 is 1.10 bits per heavy atom. The van der Waals surface area contributed by atoms with Gasteiger partial charge in [0.05, 0.1) is 24.0 Å². The van der Waals surface area contributed by atoms with E-state index in [-0.39, 0.29) is 0 Å². The van der Waals surface area contributed by atoms with E-state index < -0.39 is 0 Å². The molecule has 1 unspecified atom stereocenters. The van der Waals surface area contributed by atoms with Crippen LogP contribution in [0, 0.1) is 0 Å². The molecule has 162 valence electrons. The van der Waals surface area contributed by atoms with Gasteiger partial charge < -0.3 is 20.8 Å². The molecular weight excluding hydrogens is 386 g/mol. The minimum Gasteiger partial charge on any atom is -0.382 e. The number of nitrogen functional groups attached to an aromatic ring is 1. The van der Waals surface area contributed by atoms with Crippen molar-refractivity contribution in [2.24, 2.45) is 5.73 Å².